The van der Waals surface area contributed by atoms with E-state index < -0.39 is 0 Å². The summed E-state index contributed by atoms with van der Waals surface area (Å²) in [6.07, 6.45) is 0. The summed E-state index contributed by atoms with van der Waals surface area (Å²) < 4.78 is 12.5. The Morgan fingerprint density at radius 1 is 1.35 bits per heavy atom. The van der Waals surface area contributed by atoms with Gasteiger partial charge in [0.25, 0.3) is 0 Å². The summed E-state index contributed by atoms with van der Waals surface area (Å²) in [5, 5.41) is 8.71. The molecule has 0 aliphatic rings. The van der Waals surface area contributed by atoms with Crippen LogP contribution < -0.4 is 4.74 Å². The second-order valence-corrected chi connectivity index (χ2v) is 6.29. The number of rotatable bonds is 7. The second-order valence-electron chi connectivity index (χ2n) is 4.98. The molecule has 1 aromatic heterocycles. The maximum atomic E-state index is 11.5. The molecular formula is C16H21N3O3S. The molecule has 0 N–H and O–H groups in total. The Labute approximate surface area is 140 Å². The van der Waals surface area contributed by atoms with E-state index in [0.717, 1.165) is 17.1 Å². The number of ether oxygens (including phenoxy) is 2. The number of thioether (sulfide) groups is 1. The molecule has 124 valence electrons. The van der Waals surface area contributed by atoms with Crippen LogP contribution in [0.1, 0.15) is 25.2 Å². The molecule has 0 saturated carbocycles. The predicted molar refractivity (Wildman–Crippen MR) is 88.5 cm³/mol. The molecule has 6 nitrogen and oxygen atoms in total. The van der Waals surface area contributed by atoms with Gasteiger partial charge in [-0.25, -0.2) is 0 Å². The summed E-state index contributed by atoms with van der Waals surface area (Å²) in [5.74, 6) is 1.28. The van der Waals surface area contributed by atoms with Crippen LogP contribution >= 0.6 is 11.8 Å². The number of methoxy groups -OCH3 is 1. The number of esters is 1. The van der Waals surface area contributed by atoms with Crippen molar-refractivity contribution in [3.63, 3.8) is 0 Å². The van der Waals surface area contributed by atoms with Crippen molar-refractivity contribution in [1.29, 1.82) is 0 Å². The first-order chi connectivity index (χ1) is 11.1. The minimum atomic E-state index is -0.334. The Hall–Kier alpha value is -2.02. The largest absolute Gasteiger partial charge is 0.485 e. The highest BCUT2D eigenvalue weighted by Crippen LogP contribution is 2.24. The highest BCUT2D eigenvalue weighted by molar-refractivity contribution is 8.00. The Bertz CT molecular complexity index is 672. The van der Waals surface area contributed by atoms with Gasteiger partial charge < -0.3 is 14.0 Å². The van der Waals surface area contributed by atoms with Gasteiger partial charge in [-0.05, 0) is 32.4 Å². The van der Waals surface area contributed by atoms with Gasteiger partial charge in [0.15, 0.2) is 11.0 Å². The summed E-state index contributed by atoms with van der Waals surface area (Å²) in [6, 6.07) is 7.84. The van der Waals surface area contributed by atoms with Crippen LogP contribution in [0.4, 0.5) is 0 Å². The molecule has 2 rings (SSSR count). The van der Waals surface area contributed by atoms with Crippen molar-refractivity contribution in [3.8, 4) is 5.75 Å². The van der Waals surface area contributed by atoms with Crippen LogP contribution in [-0.2, 0) is 22.7 Å². The number of carbonyl (C=O) groups excluding carboxylic acids is 1. The van der Waals surface area contributed by atoms with E-state index in [1.165, 1.54) is 18.9 Å². The predicted octanol–water partition coefficient (Wildman–Crippen LogP) is 2.84. The number of aromatic nitrogens is 3. The van der Waals surface area contributed by atoms with Crippen molar-refractivity contribution in [2.75, 3.05) is 7.11 Å². The van der Waals surface area contributed by atoms with Crippen LogP contribution in [0.2, 0.25) is 0 Å². The average molecular weight is 335 g/mol. The van der Waals surface area contributed by atoms with Gasteiger partial charge in [0.05, 0.1) is 7.11 Å². The number of hydrogen-bond acceptors (Lipinski definition) is 6. The summed E-state index contributed by atoms with van der Waals surface area (Å²) >= 11 is 1.33. The fourth-order valence-corrected chi connectivity index (χ4v) is 3.02. The van der Waals surface area contributed by atoms with Gasteiger partial charge in [-0.15, -0.1) is 10.2 Å². The van der Waals surface area contributed by atoms with E-state index in [2.05, 4.69) is 10.2 Å². The van der Waals surface area contributed by atoms with E-state index in [9.17, 15) is 4.79 Å². The molecule has 0 spiro atoms. The molecule has 0 amide bonds. The zero-order chi connectivity index (χ0) is 16.8. The number of carbonyl (C=O) groups is 1. The van der Waals surface area contributed by atoms with Crippen LogP contribution in [-0.4, -0.2) is 33.1 Å². The van der Waals surface area contributed by atoms with Gasteiger partial charge >= 0.3 is 5.97 Å². The first kappa shape index (κ1) is 17.3. The van der Waals surface area contributed by atoms with Gasteiger partial charge in [-0.1, -0.05) is 30.0 Å². The van der Waals surface area contributed by atoms with Crippen LogP contribution in [0.5, 0.6) is 5.75 Å². The minimum absolute atomic E-state index is 0.279. The fourth-order valence-electron chi connectivity index (χ4n) is 2.06. The lowest BCUT2D eigenvalue weighted by atomic mass is 10.2. The molecule has 1 atom stereocenters. The highest BCUT2D eigenvalue weighted by Gasteiger charge is 2.20. The topological polar surface area (TPSA) is 66.2 Å². The number of para-hydroxylation sites is 1. The Kier molecular flexibility index (Phi) is 6.04. The van der Waals surface area contributed by atoms with Crippen molar-refractivity contribution in [3.05, 3.63) is 35.7 Å². The van der Waals surface area contributed by atoms with Crippen molar-refractivity contribution >= 4 is 17.7 Å². The molecule has 1 unspecified atom stereocenters. The van der Waals surface area contributed by atoms with E-state index in [1.54, 1.807) is 6.92 Å². The Morgan fingerprint density at radius 2 is 2.09 bits per heavy atom. The summed E-state index contributed by atoms with van der Waals surface area (Å²) in [5.41, 5.74) is 1.07. The number of aryl methyl sites for hydroxylation is 1. The van der Waals surface area contributed by atoms with Crippen LogP contribution in [0.15, 0.2) is 29.4 Å². The van der Waals surface area contributed by atoms with Crippen molar-refractivity contribution in [2.24, 2.45) is 0 Å². The molecule has 0 aliphatic heterocycles. The number of benzene rings is 1. The lowest BCUT2D eigenvalue weighted by Gasteiger charge is -2.11. The van der Waals surface area contributed by atoms with Crippen LogP contribution in [0, 0.1) is 6.92 Å². The second kappa shape index (κ2) is 8.01. The molecule has 0 radical (unpaired) electrons. The van der Waals surface area contributed by atoms with Crippen LogP contribution in [0.3, 0.4) is 0 Å². The molecule has 0 fully saturated rings. The van der Waals surface area contributed by atoms with Gasteiger partial charge in [0, 0.05) is 6.54 Å². The molecule has 0 aliphatic carbocycles. The molecule has 0 bridgehead atoms. The molecular weight excluding hydrogens is 314 g/mol. The van der Waals surface area contributed by atoms with Gasteiger partial charge in [-0.3, -0.25) is 4.79 Å². The molecule has 7 heteroatoms. The molecule has 1 heterocycles. The molecule has 2 aromatic rings. The van der Waals surface area contributed by atoms with Crippen LogP contribution in [0.25, 0.3) is 0 Å². The molecule has 0 saturated heterocycles. The normalized spacial score (nSPS) is 12.0. The first-order valence-electron chi connectivity index (χ1n) is 7.41. The van der Waals surface area contributed by atoms with E-state index in [-0.39, 0.29) is 11.2 Å². The third kappa shape index (κ3) is 4.25. The van der Waals surface area contributed by atoms with Gasteiger partial charge in [-0.2, -0.15) is 0 Å². The third-order valence-corrected chi connectivity index (χ3v) is 4.43. The Morgan fingerprint density at radius 3 is 2.74 bits per heavy atom. The van der Waals surface area contributed by atoms with E-state index in [0.29, 0.717) is 18.3 Å². The summed E-state index contributed by atoms with van der Waals surface area (Å²) in [4.78, 5) is 11.5. The van der Waals surface area contributed by atoms with Gasteiger partial charge in [0.2, 0.25) is 0 Å². The lowest BCUT2D eigenvalue weighted by molar-refractivity contribution is -0.139. The standard InChI is InChI=1S/C16H21N3O3S/c1-5-19-14(10-22-13-9-7-6-8-11(13)2)17-18-16(19)23-12(3)15(20)21-4/h6-9,12H,5,10H2,1-4H3. The van der Waals surface area contributed by atoms with E-state index >= 15 is 0 Å². The maximum Gasteiger partial charge on any atom is 0.318 e. The zero-order valence-corrected chi connectivity index (χ0v) is 14.6. The van der Waals surface area contributed by atoms with E-state index in [1.807, 2.05) is 42.7 Å². The SMILES string of the molecule is CCn1c(COc2ccccc2C)nnc1SC(C)C(=O)OC. The minimum Gasteiger partial charge on any atom is -0.485 e. The maximum absolute atomic E-state index is 11.5. The average Bonchev–Trinajstić information content (AvgIpc) is 2.94. The van der Waals surface area contributed by atoms with E-state index in [4.69, 9.17) is 9.47 Å². The lowest BCUT2D eigenvalue weighted by Crippen LogP contribution is -2.16. The zero-order valence-electron chi connectivity index (χ0n) is 13.8. The van der Waals surface area contributed by atoms with Crippen molar-refractivity contribution < 1.29 is 14.3 Å². The summed E-state index contributed by atoms with van der Waals surface area (Å²) in [7, 11) is 1.38. The number of nitrogens with zero attached hydrogens (tertiary/aromatic N) is 3. The Balaban J connectivity index is 2.09. The fraction of sp³-hybridized carbons (Fsp3) is 0.438. The number of hydrogen-bond donors (Lipinski definition) is 0. The molecule has 1 aromatic carbocycles. The highest BCUT2D eigenvalue weighted by atomic mass is 32.2. The smallest absolute Gasteiger partial charge is 0.318 e. The van der Waals surface area contributed by atoms with Crippen molar-refractivity contribution in [2.45, 2.75) is 44.3 Å². The third-order valence-electron chi connectivity index (χ3n) is 3.38. The molecule has 23 heavy (non-hydrogen) atoms. The monoisotopic (exact) mass is 335 g/mol. The van der Waals surface area contributed by atoms with Crippen molar-refractivity contribution in [1.82, 2.24) is 14.8 Å². The quantitative estimate of drug-likeness (QED) is 0.572. The summed E-state index contributed by atoms with van der Waals surface area (Å²) in [6.45, 7) is 6.83. The first-order valence-corrected chi connectivity index (χ1v) is 8.29. The van der Waals surface area contributed by atoms with Gasteiger partial charge in [0.1, 0.15) is 17.6 Å².